The van der Waals surface area contributed by atoms with Gasteiger partial charge in [-0.1, -0.05) is 48.0 Å². The lowest BCUT2D eigenvalue weighted by atomic mass is 9.89. The number of carbonyl (C=O) groups excluding carboxylic acids is 1. The van der Waals surface area contributed by atoms with Crippen molar-refractivity contribution in [1.82, 2.24) is 19.5 Å². The van der Waals surface area contributed by atoms with E-state index in [2.05, 4.69) is 39.7 Å². The lowest BCUT2D eigenvalue weighted by molar-refractivity contribution is 0.0713. The van der Waals surface area contributed by atoms with E-state index in [0.717, 1.165) is 24.1 Å². The number of nitrogens with zero attached hydrogens (tertiary/aromatic N) is 4. The number of halogens is 1. The standard InChI is InChI=1S/C25H24ClN5O/c1-17-21(26)8-5-9-22(17)29-24-20(16-27-23-10-13-28-31(23)24)25(32)30-14-11-19(12-15-30)18-6-3-2-4-7-18/h2-10,13,16,19,29H,11-12,14-15H2,1H3. The summed E-state index contributed by atoms with van der Waals surface area (Å²) in [6.45, 7) is 3.37. The van der Waals surface area contributed by atoms with Gasteiger partial charge in [-0.25, -0.2) is 4.98 Å². The molecule has 1 N–H and O–H groups in total. The van der Waals surface area contributed by atoms with E-state index in [9.17, 15) is 4.79 Å². The number of nitrogens with one attached hydrogen (secondary N) is 1. The number of carbonyl (C=O) groups is 1. The first kappa shape index (κ1) is 20.5. The van der Waals surface area contributed by atoms with Crippen molar-refractivity contribution in [3.8, 4) is 0 Å². The van der Waals surface area contributed by atoms with Crippen LogP contribution in [0.1, 0.15) is 40.2 Å². The molecule has 1 aliphatic heterocycles. The summed E-state index contributed by atoms with van der Waals surface area (Å²) in [7, 11) is 0. The molecule has 1 aliphatic rings. The van der Waals surface area contributed by atoms with Gasteiger partial charge in [-0.05, 0) is 48.9 Å². The number of likely N-dealkylation sites (tertiary alicyclic amines) is 1. The van der Waals surface area contributed by atoms with Crippen LogP contribution in [0.5, 0.6) is 0 Å². The van der Waals surface area contributed by atoms with E-state index in [0.29, 0.717) is 41.1 Å². The summed E-state index contributed by atoms with van der Waals surface area (Å²) in [6, 6.07) is 18.0. The Morgan fingerprint density at radius 1 is 1.06 bits per heavy atom. The van der Waals surface area contributed by atoms with Crippen molar-refractivity contribution in [3.05, 3.63) is 88.7 Å². The maximum Gasteiger partial charge on any atom is 0.259 e. The Morgan fingerprint density at radius 3 is 2.62 bits per heavy atom. The Bertz CT molecular complexity index is 1260. The predicted molar refractivity (Wildman–Crippen MR) is 127 cm³/mol. The monoisotopic (exact) mass is 445 g/mol. The Labute approximate surface area is 191 Å². The summed E-state index contributed by atoms with van der Waals surface area (Å²) < 4.78 is 1.67. The second-order valence-electron chi connectivity index (χ2n) is 8.14. The summed E-state index contributed by atoms with van der Waals surface area (Å²) in [5.41, 5.74) is 4.26. The third-order valence-electron chi connectivity index (χ3n) is 6.22. The van der Waals surface area contributed by atoms with Gasteiger partial charge in [0.1, 0.15) is 11.4 Å². The van der Waals surface area contributed by atoms with Crippen molar-refractivity contribution < 1.29 is 4.79 Å². The molecule has 0 saturated carbocycles. The van der Waals surface area contributed by atoms with Gasteiger partial charge in [0, 0.05) is 36.1 Å². The minimum absolute atomic E-state index is 0.0383. The highest BCUT2D eigenvalue weighted by atomic mass is 35.5. The topological polar surface area (TPSA) is 62.5 Å². The molecule has 3 heterocycles. The molecule has 0 atom stereocenters. The van der Waals surface area contributed by atoms with Gasteiger partial charge < -0.3 is 10.2 Å². The molecule has 5 rings (SSSR count). The van der Waals surface area contributed by atoms with Gasteiger partial charge in [-0.2, -0.15) is 9.61 Å². The number of hydrogen-bond donors (Lipinski definition) is 1. The zero-order valence-corrected chi connectivity index (χ0v) is 18.6. The number of hydrogen-bond acceptors (Lipinski definition) is 4. The molecule has 1 saturated heterocycles. The zero-order valence-electron chi connectivity index (χ0n) is 17.8. The normalized spacial score (nSPS) is 14.6. The maximum absolute atomic E-state index is 13.6. The fourth-order valence-corrected chi connectivity index (χ4v) is 4.51. The summed E-state index contributed by atoms with van der Waals surface area (Å²) >= 11 is 6.32. The van der Waals surface area contributed by atoms with E-state index in [1.807, 2.05) is 42.2 Å². The van der Waals surface area contributed by atoms with Crippen LogP contribution >= 0.6 is 11.6 Å². The summed E-state index contributed by atoms with van der Waals surface area (Å²) in [5, 5.41) is 8.45. The molecule has 2 aromatic carbocycles. The first-order valence-electron chi connectivity index (χ1n) is 10.8. The average Bonchev–Trinajstić information content (AvgIpc) is 3.32. The van der Waals surface area contributed by atoms with E-state index in [1.54, 1.807) is 16.9 Å². The van der Waals surface area contributed by atoms with Gasteiger partial charge in [0.05, 0.1) is 6.20 Å². The molecule has 7 heteroatoms. The van der Waals surface area contributed by atoms with E-state index in [-0.39, 0.29) is 5.91 Å². The molecule has 0 bridgehead atoms. The quantitative estimate of drug-likeness (QED) is 0.453. The van der Waals surface area contributed by atoms with Crippen LogP contribution in [0.2, 0.25) is 5.02 Å². The lowest BCUT2D eigenvalue weighted by Crippen LogP contribution is -2.38. The van der Waals surface area contributed by atoms with Crippen LogP contribution < -0.4 is 5.32 Å². The van der Waals surface area contributed by atoms with E-state index >= 15 is 0 Å². The Kier molecular flexibility index (Phi) is 5.53. The van der Waals surface area contributed by atoms with Crippen LogP contribution in [0, 0.1) is 6.92 Å². The van der Waals surface area contributed by atoms with Crippen molar-refractivity contribution in [2.45, 2.75) is 25.7 Å². The maximum atomic E-state index is 13.6. The molecule has 1 amide bonds. The van der Waals surface area contributed by atoms with Crippen molar-refractivity contribution in [2.24, 2.45) is 0 Å². The SMILES string of the molecule is Cc1c(Cl)cccc1Nc1c(C(=O)N2CCC(c3ccccc3)CC2)cnc2ccnn12. The van der Waals surface area contributed by atoms with Gasteiger partial charge in [-0.15, -0.1) is 0 Å². The number of piperidine rings is 1. The van der Waals surface area contributed by atoms with Crippen LogP contribution in [-0.4, -0.2) is 38.5 Å². The Balaban J connectivity index is 1.43. The number of amides is 1. The minimum atomic E-state index is -0.0383. The molecule has 0 spiro atoms. The third kappa shape index (κ3) is 3.82. The first-order valence-corrected chi connectivity index (χ1v) is 11.2. The second-order valence-corrected chi connectivity index (χ2v) is 8.54. The highest BCUT2D eigenvalue weighted by Gasteiger charge is 2.27. The molecule has 2 aromatic heterocycles. The summed E-state index contributed by atoms with van der Waals surface area (Å²) in [5.74, 6) is 1.04. The zero-order chi connectivity index (χ0) is 22.1. The van der Waals surface area contributed by atoms with Crippen molar-refractivity contribution in [2.75, 3.05) is 18.4 Å². The van der Waals surface area contributed by atoms with Crippen LogP contribution in [0.3, 0.4) is 0 Å². The molecular weight excluding hydrogens is 422 g/mol. The first-order chi connectivity index (χ1) is 15.6. The van der Waals surface area contributed by atoms with Gasteiger partial charge in [-0.3, -0.25) is 4.79 Å². The smallest absolute Gasteiger partial charge is 0.259 e. The number of fused-ring (bicyclic) bond motifs is 1. The average molecular weight is 446 g/mol. The van der Waals surface area contributed by atoms with Crippen molar-refractivity contribution >= 4 is 34.7 Å². The van der Waals surface area contributed by atoms with E-state index < -0.39 is 0 Å². The Morgan fingerprint density at radius 2 is 1.84 bits per heavy atom. The van der Waals surface area contributed by atoms with Crippen LogP contribution in [0.15, 0.2) is 67.0 Å². The number of rotatable bonds is 4. The minimum Gasteiger partial charge on any atom is -0.339 e. The number of anilines is 2. The van der Waals surface area contributed by atoms with Crippen LogP contribution in [0.25, 0.3) is 5.65 Å². The highest BCUT2D eigenvalue weighted by Crippen LogP contribution is 2.31. The van der Waals surface area contributed by atoms with Gasteiger partial charge in [0.2, 0.25) is 0 Å². The van der Waals surface area contributed by atoms with E-state index in [4.69, 9.17) is 11.6 Å². The van der Waals surface area contributed by atoms with Crippen LogP contribution in [0.4, 0.5) is 11.5 Å². The third-order valence-corrected chi connectivity index (χ3v) is 6.63. The summed E-state index contributed by atoms with van der Waals surface area (Å²) in [4.78, 5) is 19.9. The largest absolute Gasteiger partial charge is 0.339 e. The molecule has 162 valence electrons. The fraction of sp³-hybridized carbons (Fsp3) is 0.240. The fourth-order valence-electron chi connectivity index (χ4n) is 4.33. The predicted octanol–water partition coefficient (Wildman–Crippen LogP) is 5.45. The second kappa shape index (κ2) is 8.63. The molecule has 1 fully saturated rings. The molecule has 0 aliphatic carbocycles. The van der Waals surface area contributed by atoms with E-state index in [1.165, 1.54) is 5.56 Å². The molecule has 6 nitrogen and oxygen atoms in total. The van der Waals surface area contributed by atoms with Gasteiger partial charge >= 0.3 is 0 Å². The van der Waals surface area contributed by atoms with Crippen molar-refractivity contribution in [3.63, 3.8) is 0 Å². The molecule has 0 radical (unpaired) electrons. The molecule has 0 unspecified atom stereocenters. The van der Waals surface area contributed by atoms with Crippen LogP contribution in [-0.2, 0) is 0 Å². The Hall–Kier alpha value is -3.38. The van der Waals surface area contributed by atoms with Crippen molar-refractivity contribution in [1.29, 1.82) is 0 Å². The highest BCUT2D eigenvalue weighted by molar-refractivity contribution is 6.31. The van der Waals surface area contributed by atoms with Gasteiger partial charge in [0.15, 0.2) is 5.65 Å². The van der Waals surface area contributed by atoms with Gasteiger partial charge in [0.25, 0.3) is 5.91 Å². The summed E-state index contributed by atoms with van der Waals surface area (Å²) in [6.07, 6.45) is 5.22. The molecule has 4 aromatic rings. The molecular formula is C25H24ClN5O. The molecule has 32 heavy (non-hydrogen) atoms. The number of benzene rings is 2. The number of aromatic nitrogens is 3. The lowest BCUT2D eigenvalue weighted by Gasteiger charge is -2.32.